The van der Waals surface area contributed by atoms with Crippen molar-refractivity contribution in [1.82, 2.24) is 0 Å². The number of rotatable bonds is 6. The molecule has 0 aliphatic heterocycles. The van der Waals surface area contributed by atoms with Crippen LogP contribution in [-0.4, -0.2) is 0 Å². The quantitative estimate of drug-likeness (QED) is 0.376. The van der Waals surface area contributed by atoms with E-state index in [4.69, 9.17) is 13.6 Å². The van der Waals surface area contributed by atoms with E-state index >= 15 is 0 Å². The molecular weight excluding hydrogens is 391 g/mol. The molecule has 0 radical (unpaired) electrons. The molecule has 0 unspecified atom stereocenters. The second-order valence-electron chi connectivity index (χ2n) is 9.30. The second kappa shape index (κ2) is 9.10. The van der Waals surface area contributed by atoms with Gasteiger partial charge in [0, 0.05) is 5.56 Å². The van der Waals surface area contributed by atoms with Crippen LogP contribution in [0.3, 0.4) is 0 Å². The fourth-order valence-corrected chi connectivity index (χ4v) is 4.29. The van der Waals surface area contributed by atoms with Gasteiger partial charge in [0.15, 0.2) is 0 Å². The van der Waals surface area contributed by atoms with Gasteiger partial charge in [0.05, 0.1) is 0 Å². The smallest absolute Gasteiger partial charge is 0.409 e. The second-order valence-corrected chi connectivity index (χ2v) is 10.3. The summed E-state index contributed by atoms with van der Waals surface area (Å²) in [5.74, 6) is 2.22. The third kappa shape index (κ3) is 5.77. The third-order valence-corrected chi connectivity index (χ3v) is 5.67. The average molecular weight is 423 g/mol. The van der Waals surface area contributed by atoms with Crippen LogP contribution < -0.4 is 13.6 Å². The molecule has 0 aliphatic carbocycles. The first kappa shape index (κ1) is 22.2. The van der Waals surface area contributed by atoms with Gasteiger partial charge in [0.25, 0.3) is 0 Å². The molecule has 0 amide bonds. The van der Waals surface area contributed by atoms with Gasteiger partial charge in [-0.15, -0.1) is 0 Å². The predicted octanol–water partition coefficient (Wildman–Crippen LogP) is 8.05. The standard InChI is InChI=1S/C26H31O3P/c1-25(2,3)22-18-13-19-23(24(22)26(4,5)6)29-30(27-20-14-9-7-10-15-20)28-21-16-11-8-12-17-21/h7-19H,1-6H3. The molecule has 0 saturated carbocycles. The summed E-state index contributed by atoms with van der Waals surface area (Å²) in [4.78, 5) is 0. The van der Waals surface area contributed by atoms with Gasteiger partial charge in [-0.25, -0.2) is 0 Å². The lowest BCUT2D eigenvalue weighted by atomic mass is 9.75. The maximum atomic E-state index is 6.44. The first-order valence-corrected chi connectivity index (χ1v) is 11.3. The molecule has 0 aromatic heterocycles. The van der Waals surface area contributed by atoms with Crippen molar-refractivity contribution >= 4 is 8.60 Å². The lowest BCUT2D eigenvalue weighted by molar-refractivity contribution is 0.380. The Hall–Kier alpha value is -2.51. The van der Waals surface area contributed by atoms with Crippen molar-refractivity contribution in [3.63, 3.8) is 0 Å². The van der Waals surface area contributed by atoms with Crippen LogP contribution in [0.1, 0.15) is 52.7 Å². The van der Waals surface area contributed by atoms with Gasteiger partial charge in [-0.3, -0.25) is 0 Å². The molecule has 3 rings (SSSR count). The molecule has 4 heteroatoms. The van der Waals surface area contributed by atoms with Crippen molar-refractivity contribution in [3.8, 4) is 17.2 Å². The summed E-state index contributed by atoms with van der Waals surface area (Å²) in [5, 5.41) is 0. The molecule has 3 aromatic rings. The molecule has 0 saturated heterocycles. The minimum absolute atomic E-state index is 0.00862. The minimum Gasteiger partial charge on any atom is -0.409 e. The summed E-state index contributed by atoms with van der Waals surface area (Å²) in [5.41, 5.74) is 2.34. The van der Waals surface area contributed by atoms with Gasteiger partial charge < -0.3 is 13.6 Å². The highest BCUT2D eigenvalue weighted by atomic mass is 31.2. The molecule has 3 nitrogen and oxygen atoms in total. The molecule has 0 aliphatic rings. The van der Waals surface area contributed by atoms with Gasteiger partial charge in [-0.2, -0.15) is 0 Å². The molecule has 0 N–H and O–H groups in total. The Bertz CT molecular complexity index is 900. The van der Waals surface area contributed by atoms with Crippen LogP contribution in [0.4, 0.5) is 0 Å². The van der Waals surface area contributed by atoms with E-state index in [0.29, 0.717) is 11.5 Å². The van der Waals surface area contributed by atoms with E-state index in [1.165, 1.54) is 11.1 Å². The zero-order valence-corrected chi connectivity index (χ0v) is 19.6. The molecule has 0 fully saturated rings. The Morgan fingerprint density at radius 3 is 1.47 bits per heavy atom. The fraction of sp³-hybridized carbons (Fsp3) is 0.308. The van der Waals surface area contributed by atoms with Crippen molar-refractivity contribution in [3.05, 3.63) is 90.0 Å². The Morgan fingerprint density at radius 2 is 1.03 bits per heavy atom. The summed E-state index contributed by atoms with van der Waals surface area (Å²) >= 11 is 0. The summed E-state index contributed by atoms with van der Waals surface area (Å²) in [6, 6.07) is 25.5. The van der Waals surface area contributed by atoms with Crippen molar-refractivity contribution in [2.24, 2.45) is 0 Å². The molecule has 0 bridgehead atoms. The summed E-state index contributed by atoms with van der Waals surface area (Å²) in [7, 11) is -1.70. The Morgan fingerprint density at radius 1 is 0.533 bits per heavy atom. The van der Waals surface area contributed by atoms with Gasteiger partial charge in [0.1, 0.15) is 17.2 Å². The SMILES string of the molecule is CC(C)(C)c1cccc(OP(Oc2ccccc2)Oc2ccccc2)c1C(C)(C)C. The minimum atomic E-state index is -1.70. The number of hydrogen-bond acceptors (Lipinski definition) is 3. The monoisotopic (exact) mass is 422 g/mol. The number of hydrogen-bond donors (Lipinski definition) is 0. The van der Waals surface area contributed by atoms with E-state index in [2.05, 4.69) is 47.6 Å². The average Bonchev–Trinajstić information content (AvgIpc) is 2.68. The van der Waals surface area contributed by atoms with Crippen LogP contribution in [0, 0.1) is 0 Å². The van der Waals surface area contributed by atoms with Crippen LogP contribution in [-0.2, 0) is 10.8 Å². The van der Waals surface area contributed by atoms with Crippen LogP contribution in [0.2, 0.25) is 0 Å². The van der Waals surface area contributed by atoms with E-state index in [9.17, 15) is 0 Å². The molecule has 0 heterocycles. The topological polar surface area (TPSA) is 27.7 Å². The van der Waals surface area contributed by atoms with Crippen LogP contribution >= 0.6 is 8.60 Å². The van der Waals surface area contributed by atoms with E-state index in [1.807, 2.05) is 72.8 Å². The first-order valence-electron chi connectivity index (χ1n) is 10.2. The van der Waals surface area contributed by atoms with Crippen LogP contribution in [0.25, 0.3) is 0 Å². The molecular formula is C26H31O3P. The third-order valence-electron chi connectivity index (χ3n) is 4.60. The highest BCUT2D eigenvalue weighted by molar-refractivity contribution is 7.43. The van der Waals surface area contributed by atoms with Crippen LogP contribution in [0.5, 0.6) is 17.2 Å². The zero-order chi connectivity index (χ0) is 21.8. The Balaban J connectivity index is 1.99. The zero-order valence-electron chi connectivity index (χ0n) is 18.7. The van der Waals surface area contributed by atoms with Crippen molar-refractivity contribution in [2.75, 3.05) is 0 Å². The van der Waals surface area contributed by atoms with Gasteiger partial charge in [0.2, 0.25) is 0 Å². The summed E-state index contributed by atoms with van der Waals surface area (Å²) in [6.45, 7) is 13.3. The number of benzene rings is 3. The van der Waals surface area contributed by atoms with E-state index < -0.39 is 8.60 Å². The number of para-hydroxylation sites is 2. The highest BCUT2D eigenvalue weighted by Gasteiger charge is 2.31. The lowest BCUT2D eigenvalue weighted by Gasteiger charge is -2.32. The lowest BCUT2D eigenvalue weighted by Crippen LogP contribution is -2.23. The summed E-state index contributed by atoms with van der Waals surface area (Å²) in [6.07, 6.45) is 0. The molecule has 30 heavy (non-hydrogen) atoms. The first-order chi connectivity index (χ1) is 14.1. The maximum Gasteiger partial charge on any atom is 0.530 e. The molecule has 0 atom stereocenters. The van der Waals surface area contributed by atoms with E-state index in [-0.39, 0.29) is 10.8 Å². The van der Waals surface area contributed by atoms with Gasteiger partial charge in [-0.1, -0.05) is 90.1 Å². The van der Waals surface area contributed by atoms with E-state index in [0.717, 1.165) is 5.75 Å². The fourth-order valence-electron chi connectivity index (χ4n) is 3.28. The Labute approximate surface area is 182 Å². The van der Waals surface area contributed by atoms with Gasteiger partial charge >= 0.3 is 8.60 Å². The molecule has 3 aromatic carbocycles. The maximum absolute atomic E-state index is 6.44. The normalized spacial score (nSPS) is 12.0. The van der Waals surface area contributed by atoms with Gasteiger partial charge in [-0.05, 0) is 46.7 Å². The Kier molecular flexibility index (Phi) is 6.73. The van der Waals surface area contributed by atoms with Crippen LogP contribution in [0.15, 0.2) is 78.9 Å². The van der Waals surface area contributed by atoms with Crippen molar-refractivity contribution in [1.29, 1.82) is 0 Å². The summed E-state index contributed by atoms with van der Waals surface area (Å²) < 4.78 is 18.7. The van der Waals surface area contributed by atoms with Crippen molar-refractivity contribution in [2.45, 2.75) is 52.4 Å². The van der Waals surface area contributed by atoms with Crippen molar-refractivity contribution < 1.29 is 13.6 Å². The predicted molar refractivity (Wildman–Crippen MR) is 126 cm³/mol. The highest BCUT2D eigenvalue weighted by Crippen LogP contribution is 2.47. The molecule has 0 spiro atoms. The molecule has 158 valence electrons. The largest absolute Gasteiger partial charge is 0.530 e. The van der Waals surface area contributed by atoms with E-state index in [1.54, 1.807) is 0 Å².